The van der Waals surface area contributed by atoms with E-state index in [1.807, 2.05) is 29.6 Å². The predicted molar refractivity (Wildman–Crippen MR) is 96.5 cm³/mol. The highest BCUT2D eigenvalue weighted by atomic mass is 32.1. The van der Waals surface area contributed by atoms with E-state index in [1.54, 1.807) is 31.5 Å². The lowest BCUT2D eigenvalue weighted by Gasteiger charge is -2.34. The normalized spacial score (nSPS) is 16.9. The summed E-state index contributed by atoms with van der Waals surface area (Å²) in [5.41, 5.74) is 0.471. The van der Waals surface area contributed by atoms with E-state index < -0.39 is 0 Å². The van der Waals surface area contributed by atoms with Crippen LogP contribution in [0.3, 0.4) is 0 Å². The van der Waals surface area contributed by atoms with Gasteiger partial charge in [0.05, 0.1) is 6.10 Å². The van der Waals surface area contributed by atoms with Crippen molar-refractivity contribution < 1.29 is 9.90 Å². The number of amides is 1. The number of piperidine rings is 1. The summed E-state index contributed by atoms with van der Waals surface area (Å²) in [7, 11) is 3.46. The largest absolute Gasteiger partial charge is 0.387 e. The molecule has 1 unspecified atom stereocenters. The molecule has 0 radical (unpaired) electrons. The number of hydrogen-bond acceptors (Lipinski definition) is 5. The van der Waals surface area contributed by atoms with Gasteiger partial charge in [-0.2, -0.15) is 0 Å². The molecule has 0 bridgehead atoms. The predicted octanol–water partition coefficient (Wildman–Crippen LogP) is 2.79. The van der Waals surface area contributed by atoms with E-state index in [9.17, 15) is 9.90 Å². The van der Waals surface area contributed by atoms with Gasteiger partial charge in [0.2, 0.25) is 0 Å². The number of hydrogen-bond donors (Lipinski definition) is 1. The third kappa shape index (κ3) is 3.60. The third-order valence-corrected chi connectivity index (χ3v) is 5.45. The maximum Gasteiger partial charge on any atom is 0.272 e. The van der Waals surface area contributed by atoms with Crippen molar-refractivity contribution in [2.24, 2.45) is 5.92 Å². The van der Waals surface area contributed by atoms with Gasteiger partial charge in [-0.3, -0.25) is 4.79 Å². The molecule has 1 saturated heterocycles. The maximum absolute atomic E-state index is 12.1. The molecule has 1 N–H and O–H groups in total. The standard InChI is InChI=1S/C18H23N3O2S/c1-20(2)18(23)14-5-3-7-16(19-14)21-10-8-13(9-11-21)17(22)15-6-4-12-24-15/h3-7,12-13,17,22H,8-11H2,1-2H3. The minimum absolute atomic E-state index is 0.0835. The molecule has 0 saturated carbocycles. The van der Waals surface area contributed by atoms with Gasteiger partial charge in [0.1, 0.15) is 11.5 Å². The molecule has 24 heavy (non-hydrogen) atoms. The zero-order chi connectivity index (χ0) is 17.1. The summed E-state index contributed by atoms with van der Waals surface area (Å²) in [6.07, 6.45) is 1.47. The van der Waals surface area contributed by atoms with Crippen molar-refractivity contribution in [1.82, 2.24) is 9.88 Å². The first-order valence-electron chi connectivity index (χ1n) is 8.21. The van der Waals surface area contributed by atoms with Crippen molar-refractivity contribution in [1.29, 1.82) is 0 Å². The van der Waals surface area contributed by atoms with Crippen LogP contribution >= 0.6 is 11.3 Å². The SMILES string of the molecule is CN(C)C(=O)c1cccc(N2CCC(C(O)c3cccs3)CC2)n1. The molecule has 0 aromatic carbocycles. The second-order valence-corrected chi connectivity index (χ2v) is 7.34. The molecule has 2 aromatic heterocycles. The van der Waals surface area contributed by atoms with E-state index in [4.69, 9.17) is 0 Å². The fourth-order valence-electron chi connectivity index (χ4n) is 3.08. The van der Waals surface area contributed by atoms with Crippen LogP contribution in [0.25, 0.3) is 0 Å². The smallest absolute Gasteiger partial charge is 0.272 e. The van der Waals surface area contributed by atoms with Crippen LogP contribution in [0.2, 0.25) is 0 Å². The fraction of sp³-hybridized carbons (Fsp3) is 0.444. The number of thiophene rings is 1. The van der Waals surface area contributed by atoms with Gasteiger partial charge in [-0.15, -0.1) is 11.3 Å². The van der Waals surface area contributed by atoms with Crippen LogP contribution in [-0.2, 0) is 0 Å². The van der Waals surface area contributed by atoms with Gasteiger partial charge in [-0.1, -0.05) is 12.1 Å². The Balaban J connectivity index is 1.64. The number of carbonyl (C=O) groups excluding carboxylic acids is 1. The van der Waals surface area contributed by atoms with Gasteiger partial charge < -0.3 is 14.9 Å². The minimum Gasteiger partial charge on any atom is -0.387 e. The van der Waals surface area contributed by atoms with Crippen molar-refractivity contribution in [3.8, 4) is 0 Å². The average molecular weight is 345 g/mol. The molecular weight excluding hydrogens is 322 g/mol. The van der Waals surface area contributed by atoms with Gasteiger partial charge in [0, 0.05) is 32.1 Å². The molecule has 0 aliphatic carbocycles. The molecular formula is C18H23N3O2S. The van der Waals surface area contributed by atoms with Gasteiger partial charge in [-0.05, 0) is 42.3 Å². The molecule has 2 aromatic rings. The molecule has 1 aliphatic rings. The van der Waals surface area contributed by atoms with Gasteiger partial charge in [0.25, 0.3) is 5.91 Å². The van der Waals surface area contributed by atoms with Gasteiger partial charge in [-0.25, -0.2) is 4.98 Å². The summed E-state index contributed by atoms with van der Waals surface area (Å²) >= 11 is 1.61. The monoisotopic (exact) mass is 345 g/mol. The van der Waals surface area contributed by atoms with Crippen LogP contribution < -0.4 is 4.90 Å². The summed E-state index contributed by atoms with van der Waals surface area (Å²) in [4.78, 5) is 21.4. The molecule has 6 heteroatoms. The lowest BCUT2D eigenvalue weighted by atomic mass is 9.90. The third-order valence-electron chi connectivity index (χ3n) is 4.50. The van der Waals surface area contributed by atoms with Gasteiger partial charge >= 0.3 is 0 Å². The van der Waals surface area contributed by atoms with Crippen molar-refractivity contribution in [2.75, 3.05) is 32.1 Å². The summed E-state index contributed by atoms with van der Waals surface area (Å²) in [6.45, 7) is 1.69. The number of pyridine rings is 1. The van der Waals surface area contributed by atoms with Crippen LogP contribution in [0.5, 0.6) is 0 Å². The number of carbonyl (C=O) groups is 1. The Labute approximate surface area is 146 Å². The minimum atomic E-state index is -0.373. The lowest BCUT2D eigenvalue weighted by molar-refractivity contribution is 0.0822. The first-order chi connectivity index (χ1) is 11.6. The van der Waals surface area contributed by atoms with Crippen molar-refractivity contribution >= 4 is 23.1 Å². The molecule has 1 fully saturated rings. The van der Waals surface area contributed by atoms with Crippen molar-refractivity contribution in [2.45, 2.75) is 18.9 Å². The number of nitrogens with zero attached hydrogens (tertiary/aromatic N) is 3. The van der Waals surface area contributed by atoms with Crippen LogP contribution in [0.4, 0.5) is 5.82 Å². The van der Waals surface area contributed by atoms with Crippen LogP contribution in [-0.4, -0.2) is 48.1 Å². The Bertz CT molecular complexity index is 679. The van der Waals surface area contributed by atoms with Crippen LogP contribution in [0, 0.1) is 5.92 Å². The molecule has 1 aliphatic heterocycles. The lowest BCUT2D eigenvalue weighted by Crippen LogP contribution is -2.36. The number of aliphatic hydroxyl groups is 1. The summed E-state index contributed by atoms with van der Waals surface area (Å²) in [5.74, 6) is 1.04. The maximum atomic E-state index is 12.1. The zero-order valence-electron chi connectivity index (χ0n) is 14.1. The summed E-state index contributed by atoms with van der Waals surface area (Å²) < 4.78 is 0. The van der Waals surface area contributed by atoms with E-state index >= 15 is 0 Å². The fourth-order valence-corrected chi connectivity index (χ4v) is 3.89. The Morgan fingerprint density at radius 1 is 1.29 bits per heavy atom. The Morgan fingerprint density at radius 2 is 2.04 bits per heavy atom. The molecule has 3 rings (SSSR count). The summed E-state index contributed by atoms with van der Waals surface area (Å²) in [6, 6.07) is 9.56. The van der Waals surface area contributed by atoms with E-state index in [0.29, 0.717) is 5.69 Å². The highest BCUT2D eigenvalue weighted by Gasteiger charge is 2.27. The Hall–Kier alpha value is -1.92. The molecule has 1 amide bonds. The molecule has 5 nitrogen and oxygen atoms in total. The Kier molecular flexibility index (Phi) is 5.16. The zero-order valence-corrected chi connectivity index (χ0v) is 14.9. The second-order valence-electron chi connectivity index (χ2n) is 6.37. The van der Waals surface area contributed by atoms with E-state index in [2.05, 4.69) is 9.88 Å². The summed E-state index contributed by atoms with van der Waals surface area (Å²) in [5, 5.41) is 12.5. The van der Waals surface area contributed by atoms with Crippen LogP contribution in [0.1, 0.15) is 34.3 Å². The van der Waals surface area contributed by atoms with E-state index in [-0.39, 0.29) is 17.9 Å². The van der Waals surface area contributed by atoms with E-state index in [1.165, 1.54) is 4.90 Å². The quantitative estimate of drug-likeness (QED) is 0.926. The highest BCUT2D eigenvalue weighted by molar-refractivity contribution is 7.10. The number of anilines is 1. The van der Waals surface area contributed by atoms with Crippen molar-refractivity contribution in [3.05, 3.63) is 46.3 Å². The average Bonchev–Trinajstić information content (AvgIpc) is 3.15. The van der Waals surface area contributed by atoms with E-state index in [0.717, 1.165) is 36.6 Å². The number of rotatable bonds is 4. The number of aliphatic hydroxyl groups excluding tert-OH is 1. The highest BCUT2D eigenvalue weighted by Crippen LogP contribution is 2.33. The topological polar surface area (TPSA) is 56.7 Å². The molecule has 1 atom stereocenters. The molecule has 0 spiro atoms. The van der Waals surface area contributed by atoms with Crippen LogP contribution in [0.15, 0.2) is 35.7 Å². The van der Waals surface area contributed by atoms with Gasteiger partial charge in [0.15, 0.2) is 0 Å². The first-order valence-corrected chi connectivity index (χ1v) is 9.09. The Morgan fingerprint density at radius 3 is 2.67 bits per heavy atom. The number of aromatic nitrogens is 1. The second kappa shape index (κ2) is 7.32. The van der Waals surface area contributed by atoms with Crippen molar-refractivity contribution in [3.63, 3.8) is 0 Å². The first kappa shape index (κ1) is 16.9. The molecule has 128 valence electrons. The molecule has 3 heterocycles.